The first kappa shape index (κ1) is 9.15. The number of aromatic nitrogens is 1. The van der Waals surface area contributed by atoms with Gasteiger partial charge in [-0.15, -0.1) is 0 Å². The zero-order chi connectivity index (χ0) is 10.1. The van der Waals surface area contributed by atoms with Crippen molar-refractivity contribution in [2.75, 3.05) is 7.05 Å². The Morgan fingerprint density at radius 1 is 1.50 bits per heavy atom. The fourth-order valence-corrected chi connectivity index (χ4v) is 1.22. The van der Waals surface area contributed by atoms with E-state index in [9.17, 15) is 4.39 Å². The van der Waals surface area contributed by atoms with Crippen LogP contribution in [0.3, 0.4) is 0 Å². The summed E-state index contributed by atoms with van der Waals surface area (Å²) in [6.07, 6.45) is 0. The van der Waals surface area contributed by atoms with Gasteiger partial charge in [0.2, 0.25) is 5.89 Å². The number of nitrogens with zero attached hydrogens (tertiary/aromatic N) is 1. The lowest BCUT2D eigenvalue weighted by Crippen LogP contribution is -2.12. The van der Waals surface area contributed by atoms with Crippen LogP contribution < -0.4 is 5.32 Å². The summed E-state index contributed by atoms with van der Waals surface area (Å²) in [5, 5.41) is 3.01. The standard InChI is InChI=1S/C10H11FN2O/c1-6(12-2)10-13-8-4-3-7(11)5-9(8)14-10/h3-6,12H,1-2H3. The predicted octanol–water partition coefficient (Wildman–Crippen LogP) is 2.25. The first-order valence-corrected chi connectivity index (χ1v) is 4.44. The van der Waals surface area contributed by atoms with Gasteiger partial charge in [-0.25, -0.2) is 9.37 Å². The average Bonchev–Trinajstić information content (AvgIpc) is 2.59. The number of nitrogens with one attached hydrogen (secondary N) is 1. The molecule has 0 saturated heterocycles. The lowest BCUT2D eigenvalue weighted by Gasteiger charge is -2.02. The third kappa shape index (κ3) is 1.48. The van der Waals surface area contributed by atoms with E-state index in [1.165, 1.54) is 12.1 Å². The summed E-state index contributed by atoms with van der Waals surface area (Å²) in [4.78, 5) is 4.23. The van der Waals surface area contributed by atoms with Crippen molar-refractivity contribution < 1.29 is 8.81 Å². The van der Waals surface area contributed by atoms with Gasteiger partial charge >= 0.3 is 0 Å². The third-order valence-electron chi connectivity index (χ3n) is 2.17. The third-order valence-corrected chi connectivity index (χ3v) is 2.17. The maximum absolute atomic E-state index is 12.8. The van der Waals surface area contributed by atoms with E-state index in [4.69, 9.17) is 4.42 Å². The Labute approximate surface area is 80.9 Å². The fourth-order valence-electron chi connectivity index (χ4n) is 1.22. The number of halogens is 1. The minimum atomic E-state index is -0.308. The lowest BCUT2D eigenvalue weighted by atomic mass is 10.3. The second-order valence-electron chi connectivity index (χ2n) is 3.17. The minimum absolute atomic E-state index is 0.0328. The predicted molar refractivity (Wildman–Crippen MR) is 51.4 cm³/mol. The van der Waals surface area contributed by atoms with Crippen molar-refractivity contribution in [3.8, 4) is 0 Å². The highest BCUT2D eigenvalue weighted by Crippen LogP contribution is 2.20. The molecule has 0 aliphatic heterocycles. The van der Waals surface area contributed by atoms with Crippen molar-refractivity contribution >= 4 is 11.1 Å². The number of fused-ring (bicyclic) bond motifs is 1. The van der Waals surface area contributed by atoms with Gasteiger partial charge in [-0.2, -0.15) is 0 Å². The van der Waals surface area contributed by atoms with E-state index in [-0.39, 0.29) is 11.9 Å². The zero-order valence-electron chi connectivity index (χ0n) is 8.04. The van der Waals surface area contributed by atoms with E-state index in [0.717, 1.165) is 0 Å². The maximum atomic E-state index is 12.8. The molecule has 0 saturated carbocycles. The van der Waals surface area contributed by atoms with Gasteiger partial charge in [0.1, 0.15) is 11.3 Å². The molecule has 3 nitrogen and oxygen atoms in total. The van der Waals surface area contributed by atoms with Crippen molar-refractivity contribution in [1.82, 2.24) is 10.3 Å². The van der Waals surface area contributed by atoms with Gasteiger partial charge in [-0.1, -0.05) is 0 Å². The Morgan fingerprint density at radius 3 is 3.00 bits per heavy atom. The molecular weight excluding hydrogens is 183 g/mol. The van der Waals surface area contributed by atoms with Crippen LogP contribution in [0.2, 0.25) is 0 Å². The van der Waals surface area contributed by atoms with Gasteiger partial charge in [0.25, 0.3) is 0 Å². The summed E-state index contributed by atoms with van der Waals surface area (Å²) in [6, 6.07) is 4.36. The summed E-state index contributed by atoms with van der Waals surface area (Å²) in [5.41, 5.74) is 1.17. The van der Waals surface area contributed by atoms with Gasteiger partial charge in [0.05, 0.1) is 6.04 Å². The highest BCUT2D eigenvalue weighted by atomic mass is 19.1. The average molecular weight is 194 g/mol. The van der Waals surface area contributed by atoms with Gasteiger partial charge in [-0.3, -0.25) is 0 Å². The van der Waals surface area contributed by atoms with Gasteiger partial charge in [0.15, 0.2) is 5.58 Å². The molecule has 1 aromatic carbocycles. The molecule has 1 heterocycles. The van der Waals surface area contributed by atoms with Gasteiger partial charge in [-0.05, 0) is 26.1 Å². The first-order valence-electron chi connectivity index (χ1n) is 4.44. The van der Waals surface area contributed by atoms with Crippen molar-refractivity contribution in [3.63, 3.8) is 0 Å². The molecule has 1 unspecified atom stereocenters. The Bertz CT molecular complexity index is 452. The van der Waals surface area contributed by atoms with E-state index < -0.39 is 0 Å². The van der Waals surface area contributed by atoms with Crippen LogP contribution in [-0.4, -0.2) is 12.0 Å². The van der Waals surface area contributed by atoms with Crippen LogP contribution >= 0.6 is 0 Å². The molecule has 1 atom stereocenters. The van der Waals surface area contributed by atoms with E-state index in [2.05, 4.69) is 10.3 Å². The lowest BCUT2D eigenvalue weighted by molar-refractivity contribution is 0.455. The molecule has 2 rings (SSSR count). The second kappa shape index (κ2) is 3.38. The Hall–Kier alpha value is -1.42. The first-order chi connectivity index (χ1) is 6.70. The maximum Gasteiger partial charge on any atom is 0.212 e. The normalized spacial score (nSPS) is 13.4. The molecule has 14 heavy (non-hydrogen) atoms. The van der Waals surface area contributed by atoms with Crippen molar-refractivity contribution in [1.29, 1.82) is 0 Å². The largest absolute Gasteiger partial charge is 0.439 e. The highest BCUT2D eigenvalue weighted by Gasteiger charge is 2.11. The second-order valence-corrected chi connectivity index (χ2v) is 3.17. The Kier molecular flexibility index (Phi) is 2.21. The molecule has 0 radical (unpaired) electrons. The van der Waals surface area contributed by atoms with Crippen LogP contribution in [0.1, 0.15) is 18.9 Å². The molecule has 0 aliphatic rings. The minimum Gasteiger partial charge on any atom is -0.439 e. The molecule has 0 fully saturated rings. The summed E-state index contributed by atoms with van der Waals surface area (Å²) in [6.45, 7) is 1.93. The molecule has 0 bridgehead atoms. The van der Waals surface area contributed by atoms with Crippen LogP contribution in [0.5, 0.6) is 0 Å². The Balaban J connectivity index is 2.51. The van der Waals surface area contributed by atoms with Crippen LogP contribution in [0, 0.1) is 5.82 Å². The molecule has 1 N–H and O–H groups in total. The smallest absolute Gasteiger partial charge is 0.212 e. The van der Waals surface area contributed by atoms with Crippen molar-refractivity contribution in [3.05, 3.63) is 29.9 Å². The van der Waals surface area contributed by atoms with Crippen LogP contribution in [0.15, 0.2) is 22.6 Å². The summed E-state index contributed by atoms with van der Waals surface area (Å²) >= 11 is 0. The van der Waals surface area contributed by atoms with Crippen molar-refractivity contribution in [2.24, 2.45) is 0 Å². The monoisotopic (exact) mass is 194 g/mol. The zero-order valence-corrected chi connectivity index (χ0v) is 8.04. The topological polar surface area (TPSA) is 38.1 Å². The molecule has 0 aliphatic carbocycles. The number of benzene rings is 1. The highest BCUT2D eigenvalue weighted by molar-refractivity contribution is 5.72. The molecule has 0 spiro atoms. The van der Waals surface area contributed by atoms with E-state index in [1.54, 1.807) is 6.07 Å². The molecule has 2 aromatic rings. The van der Waals surface area contributed by atoms with Crippen LogP contribution in [0.4, 0.5) is 4.39 Å². The molecule has 0 amide bonds. The van der Waals surface area contributed by atoms with Crippen molar-refractivity contribution in [2.45, 2.75) is 13.0 Å². The van der Waals surface area contributed by atoms with E-state index in [1.807, 2.05) is 14.0 Å². The Morgan fingerprint density at radius 2 is 2.29 bits per heavy atom. The van der Waals surface area contributed by atoms with Crippen LogP contribution in [0.25, 0.3) is 11.1 Å². The quantitative estimate of drug-likeness (QED) is 0.796. The fraction of sp³-hybridized carbons (Fsp3) is 0.300. The van der Waals surface area contributed by atoms with E-state index >= 15 is 0 Å². The summed E-state index contributed by atoms with van der Waals surface area (Å²) < 4.78 is 18.2. The summed E-state index contributed by atoms with van der Waals surface area (Å²) in [5.74, 6) is 0.269. The molecular formula is C10H11FN2O. The molecule has 74 valence electrons. The molecule has 1 aromatic heterocycles. The number of hydrogen-bond donors (Lipinski definition) is 1. The summed E-state index contributed by atoms with van der Waals surface area (Å²) in [7, 11) is 1.82. The van der Waals surface area contributed by atoms with Gasteiger partial charge in [0, 0.05) is 6.07 Å². The number of hydrogen-bond acceptors (Lipinski definition) is 3. The SMILES string of the molecule is CNC(C)c1nc2ccc(F)cc2o1. The molecule has 4 heteroatoms. The van der Waals surface area contributed by atoms with Gasteiger partial charge < -0.3 is 9.73 Å². The van der Waals surface area contributed by atoms with Crippen LogP contribution in [-0.2, 0) is 0 Å². The van der Waals surface area contributed by atoms with E-state index in [0.29, 0.717) is 17.0 Å². The number of oxazole rings is 1. The number of rotatable bonds is 2.